The van der Waals surface area contributed by atoms with Gasteiger partial charge < -0.3 is 15.3 Å². The molecule has 2 N–H and O–H groups in total. The molecule has 0 aliphatic carbocycles. The Labute approximate surface area is 115 Å². The zero-order valence-electron chi connectivity index (χ0n) is 12.0. The lowest BCUT2D eigenvalue weighted by molar-refractivity contribution is -0.141. The Hall–Kier alpha value is -1.55. The Bertz CT molecular complexity index is 381. The van der Waals surface area contributed by atoms with Crippen LogP contribution in [-0.2, 0) is 4.79 Å². The first-order valence-electron chi connectivity index (χ1n) is 6.74. The summed E-state index contributed by atoms with van der Waals surface area (Å²) >= 11 is 0. The summed E-state index contributed by atoms with van der Waals surface area (Å²) in [6.45, 7) is 5.43. The summed E-state index contributed by atoms with van der Waals surface area (Å²) in [5.41, 5.74) is 1.20. The Kier molecular flexibility index (Phi) is 6.36. The number of aliphatic carboxylic acids is 1. The van der Waals surface area contributed by atoms with Gasteiger partial charge >= 0.3 is 5.97 Å². The highest BCUT2D eigenvalue weighted by Crippen LogP contribution is 2.10. The Morgan fingerprint density at radius 1 is 1.32 bits per heavy atom. The molecule has 0 aliphatic rings. The van der Waals surface area contributed by atoms with Crippen molar-refractivity contribution in [1.82, 2.24) is 5.32 Å². The van der Waals surface area contributed by atoms with Gasteiger partial charge in [-0.05, 0) is 32.0 Å². The van der Waals surface area contributed by atoms with Gasteiger partial charge in [-0.3, -0.25) is 4.79 Å². The van der Waals surface area contributed by atoms with E-state index in [0.717, 1.165) is 19.5 Å². The van der Waals surface area contributed by atoms with Gasteiger partial charge in [0.1, 0.15) is 0 Å². The molecule has 2 unspecified atom stereocenters. The number of carboxylic acid groups (broad SMARTS) is 1. The molecule has 0 spiro atoms. The fourth-order valence-electron chi connectivity index (χ4n) is 1.85. The molecular weight excluding hydrogens is 240 g/mol. The van der Waals surface area contributed by atoms with Crippen molar-refractivity contribution in [3.8, 4) is 0 Å². The number of carbonyl (C=O) groups is 1. The van der Waals surface area contributed by atoms with Gasteiger partial charge in [0.05, 0.1) is 5.92 Å². The average Bonchev–Trinajstić information content (AvgIpc) is 2.43. The van der Waals surface area contributed by atoms with Crippen LogP contribution in [0.1, 0.15) is 20.3 Å². The third-order valence-electron chi connectivity index (χ3n) is 3.47. The summed E-state index contributed by atoms with van der Waals surface area (Å²) in [5, 5.41) is 12.2. The van der Waals surface area contributed by atoms with Crippen LogP contribution < -0.4 is 10.2 Å². The van der Waals surface area contributed by atoms with E-state index in [9.17, 15) is 4.79 Å². The maximum absolute atomic E-state index is 10.8. The highest BCUT2D eigenvalue weighted by molar-refractivity contribution is 5.70. The highest BCUT2D eigenvalue weighted by Gasteiger charge is 2.18. The van der Waals surface area contributed by atoms with Crippen LogP contribution in [0.3, 0.4) is 0 Å². The number of carboxylic acids is 1. The van der Waals surface area contributed by atoms with Crippen LogP contribution in [0, 0.1) is 5.92 Å². The number of para-hydroxylation sites is 1. The molecule has 0 bridgehead atoms. The first-order valence-corrected chi connectivity index (χ1v) is 6.74. The van der Waals surface area contributed by atoms with Gasteiger partial charge in [-0.15, -0.1) is 0 Å². The summed E-state index contributed by atoms with van der Waals surface area (Å²) in [6.07, 6.45) is 0.988. The standard InChI is InChI=1S/C15H24N2O2/c1-12(15(18)19)13(2)16-10-7-11-17(3)14-8-5-4-6-9-14/h4-6,8-9,12-13,16H,7,10-11H2,1-3H3,(H,18,19). The molecule has 1 aromatic carbocycles. The number of nitrogens with zero attached hydrogens (tertiary/aromatic N) is 1. The molecule has 0 saturated carbocycles. The fraction of sp³-hybridized carbons (Fsp3) is 0.533. The summed E-state index contributed by atoms with van der Waals surface area (Å²) < 4.78 is 0. The third-order valence-corrected chi connectivity index (χ3v) is 3.47. The number of hydrogen-bond donors (Lipinski definition) is 2. The van der Waals surface area contributed by atoms with E-state index in [1.165, 1.54) is 5.69 Å². The van der Waals surface area contributed by atoms with Crippen molar-refractivity contribution < 1.29 is 9.90 Å². The van der Waals surface area contributed by atoms with Crippen molar-refractivity contribution in [1.29, 1.82) is 0 Å². The van der Waals surface area contributed by atoms with Gasteiger partial charge in [0, 0.05) is 25.3 Å². The molecule has 2 atom stereocenters. The third kappa shape index (κ3) is 5.30. The van der Waals surface area contributed by atoms with Crippen molar-refractivity contribution in [3.05, 3.63) is 30.3 Å². The SMILES string of the molecule is CC(NCCCN(C)c1ccccc1)C(C)C(=O)O. The summed E-state index contributed by atoms with van der Waals surface area (Å²) in [6, 6.07) is 10.2. The van der Waals surface area contributed by atoms with Gasteiger partial charge in [-0.1, -0.05) is 25.1 Å². The smallest absolute Gasteiger partial charge is 0.307 e. The van der Waals surface area contributed by atoms with Crippen LogP contribution in [0.15, 0.2) is 30.3 Å². The summed E-state index contributed by atoms with van der Waals surface area (Å²) in [7, 11) is 2.07. The van der Waals surface area contributed by atoms with E-state index in [2.05, 4.69) is 29.4 Å². The second kappa shape index (κ2) is 7.79. The largest absolute Gasteiger partial charge is 0.481 e. The average molecular weight is 264 g/mol. The fourth-order valence-corrected chi connectivity index (χ4v) is 1.85. The van der Waals surface area contributed by atoms with E-state index in [-0.39, 0.29) is 12.0 Å². The maximum Gasteiger partial charge on any atom is 0.307 e. The van der Waals surface area contributed by atoms with E-state index in [0.29, 0.717) is 0 Å². The van der Waals surface area contributed by atoms with Gasteiger partial charge in [0.25, 0.3) is 0 Å². The first-order chi connectivity index (χ1) is 9.02. The van der Waals surface area contributed by atoms with Crippen LogP contribution in [-0.4, -0.2) is 37.3 Å². The van der Waals surface area contributed by atoms with Crippen molar-refractivity contribution in [2.75, 3.05) is 25.0 Å². The molecule has 0 aliphatic heterocycles. The van der Waals surface area contributed by atoms with Gasteiger partial charge in [0.15, 0.2) is 0 Å². The van der Waals surface area contributed by atoms with Crippen molar-refractivity contribution >= 4 is 11.7 Å². The summed E-state index contributed by atoms with van der Waals surface area (Å²) in [4.78, 5) is 13.0. The monoisotopic (exact) mass is 264 g/mol. The van der Waals surface area contributed by atoms with E-state index < -0.39 is 5.97 Å². The second-order valence-electron chi connectivity index (χ2n) is 4.98. The molecule has 1 rings (SSSR count). The molecule has 106 valence electrons. The minimum Gasteiger partial charge on any atom is -0.481 e. The topological polar surface area (TPSA) is 52.6 Å². The molecule has 0 amide bonds. The van der Waals surface area contributed by atoms with Crippen molar-refractivity contribution in [3.63, 3.8) is 0 Å². The van der Waals surface area contributed by atoms with Crippen LogP contribution in [0.5, 0.6) is 0 Å². The Morgan fingerprint density at radius 3 is 2.53 bits per heavy atom. The molecule has 19 heavy (non-hydrogen) atoms. The number of benzene rings is 1. The van der Waals surface area contributed by atoms with Crippen LogP contribution in [0.2, 0.25) is 0 Å². The molecule has 0 radical (unpaired) electrons. The predicted octanol–water partition coefficient (Wildman–Crippen LogP) is 2.21. The summed E-state index contributed by atoms with van der Waals surface area (Å²) in [5.74, 6) is -1.10. The number of anilines is 1. The van der Waals surface area contributed by atoms with E-state index in [1.54, 1.807) is 6.92 Å². The van der Waals surface area contributed by atoms with Crippen molar-refractivity contribution in [2.45, 2.75) is 26.3 Å². The van der Waals surface area contributed by atoms with Crippen LogP contribution >= 0.6 is 0 Å². The van der Waals surface area contributed by atoms with Crippen molar-refractivity contribution in [2.24, 2.45) is 5.92 Å². The minimum atomic E-state index is -0.749. The first kappa shape index (κ1) is 15.5. The quantitative estimate of drug-likeness (QED) is 0.707. The predicted molar refractivity (Wildman–Crippen MR) is 78.6 cm³/mol. The van der Waals surface area contributed by atoms with E-state index in [4.69, 9.17) is 5.11 Å². The van der Waals surface area contributed by atoms with E-state index in [1.807, 2.05) is 25.1 Å². The molecule has 4 heteroatoms. The minimum absolute atomic E-state index is 0.000434. The Morgan fingerprint density at radius 2 is 1.95 bits per heavy atom. The van der Waals surface area contributed by atoms with Crippen LogP contribution in [0.4, 0.5) is 5.69 Å². The molecule has 0 saturated heterocycles. The zero-order valence-corrected chi connectivity index (χ0v) is 12.0. The van der Waals surface area contributed by atoms with E-state index >= 15 is 0 Å². The van der Waals surface area contributed by atoms with Gasteiger partial charge in [0.2, 0.25) is 0 Å². The molecule has 1 aromatic rings. The maximum atomic E-state index is 10.8. The van der Waals surface area contributed by atoms with Gasteiger partial charge in [-0.2, -0.15) is 0 Å². The molecule has 0 aromatic heterocycles. The molecule has 4 nitrogen and oxygen atoms in total. The number of rotatable bonds is 8. The number of hydrogen-bond acceptors (Lipinski definition) is 3. The van der Waals surface area contributed by atoms with Crippen LogP contribution in [0.25, 0.3) is 0 Å². The molecule has 0 heterocycles. The zero-order chi connectivity index (χ0) is 14.3. The lowest BCUT2D eigenvalue weighted by Gasteiger charge is -2.21. The lowest BCUT2D eigenvalue weighted by atomic mass is 10.0. The highest BCUT2D eigenvalue weighted by atomic mass is 16.4. The number of nitrogens with one attached hydrogen (secondary N) is 1. The second-order valence-corrected chi connectivity index (χ2v) is 4.98. The van der Waals surface area contributed by atoms with Gasteiger partial charge in [-0.25, -0.2) is 0 Å². The Balaban J connectivity index is 2.22. The molecule has 0 fully saturated rings. The normalized spacial score (nSPS) is 13.8. The molecular formula is C15H24N2O2. The lowest BCUT2D eigenvalue weighted by Crippen LogP contribution is -2.37.